The number of aliphatic hydroxyl groups is 1. The quantitative estimate of drug-likeness (QED) is 0.809. The summed E-state index contributed by atoms with van der Waals surface area (Å²) in [4.78, 5) is 0. The predicted octanol–water partition coefficient (Wildman–Crippen LogP) is 2.86. The number of rotatable bonds is 2. The number of alkyl halides is 3. The van der Waals surface area contributed by atoms with E-state index in [0.717, 1.165) is 17.7 Å². The van der Waals surface area contributed by atoms with Gasteiger partial charge in [0.1, 0.15) is 0 Å². The van der Waals surface area contributed by atoms with Gasteiger partial charge in [0, 0.05) is 6.61 Å². The molecule has 15 heavy (non-hydrogen) atoms. The van der Waals surface area contributed by atoms with Gasteiger partial charge >= 0.3 is 6.18 Å². The van der Waals surface area contributed by atoms with Crippen LogP contribution in [-0.4, -0.2) is 11.7 Å². The van der Waals surface area contributed by atoms with Gasteiger partial charge in [0.25, 0.3) is 0 Å². The van der Waals surface area contributed by atoms with E-state index in [-0.39, 0.29) is 6.61 Å². The standard InChI is InChI=1S/C11H13F3O/c1-7-5-9(11(12,13)14)6-8(2)10(7)3-4-15/h5-6,15H,3-4H2,1-2H3. The number of aliphatic hydroxyl groups excluding tert-OH is 1. The van der Waals surface area contributed by atoms with E-state index in [9.17, 15) is 13.2 Å². The van der Waals surface area contributed by atoms with E-state index in [2.05, 4.69) is 0 Å². The lowest BCUT2D eigenvalue weighted by Crippen LogP contribution is -2.08. The summed E-state index contributed by atoms with van der Waals surface area (Å²) in [5, 5.41) is 8.78. The van der Waals surface area contributed by atoms with Crippen LogP contribution in [0.3, 0.4) is 0 Å². The number of halogens is 3. The first-order valence-electron chi connectivity index (χ1n) is 4.64. The normalized spacial score (nSPS) is 11.9. The van der Waals surface area contributed by atoms with Crippen molar-refractivity contribution in [1.29, 1.82) is 0 Å². The van der Waals surface area contributed by atoms with E-state index >= 15 is 0 Å². The molecule has 1 N–H and O–H groups in total. The Morgan fingerprint density at radius 2 is 1.60 bits per heavy atom. The lowest BCUT2D eigenvalue weighted by molar-refractivity contribution is -0.137. The SMILES string of the molecule is Cc1cc(C(F)(F)F)cc(C)c1CCO. The van der Waals surface area contributed by atoms with Gasteiger partial charge in [0.05, 0.1) is 5.56 Å². The minimum atomic E-state index is -4.30. The van der Waals surface area contributed by atoms with Crippen molar-refractivity contribution in [2.24, 2.45) is 0 Å². The minimum Gasteiger partial charge on any atom is -0.396 e. The van der Waals surface area contributed by atoms with Crippen molar-refractivity contribution in [1.82, 2.24) is 0 Å². The highest BCUT2D eigenvalue weighted by Crippen LogP contribution is 2.31. The molecule has 0 aliphatic heterocycles. The molecule has 1 aromatic rings. The first-order chi connectivity index (χ1) is 6.86. The molecule has 0 unspecified atom stereocenters. The van der Waals surface area contributed by atoms with Crippen molar-refractivity contribution in [3.8, 4) is 0 Å². The molecule has 0 aliphatic rings. The summed E-state index contributed by atoms with van der Waals surface area (Å²) < 4.78 is 37.2. The van der Waals surface area contributed by atoms with E-state index in [1.807, 2.05) is 0 Å². The summed E-state index contributed by atoms with van der Waals surface area (Å²) in [6, 6.07) is 2.25. The number of hydrogen-bond donors (Lipinski definition) is 1. The van der Waals surface area contributed by atoms with E-state index in [0.29, 0.717) is 17.5 Å². The van der Waals surface area contributed by atoms with Crippen molar-refractivity contribution in [3.63, 3.8) is 0 Å². The zero-order chi connectivity index (χ0) is 11.6. The van der Waals surface area contributed by atoms with E-state index in [1.165, 1.54) is 0 Å². The molecule has 0 radical (unpaired) electrons. The third-order valence-corrected chi connectivity index (χ3v) is 2.39. The Bertz CT molecular complexity index is 332. The second-order valence-electron chi connectivity index (χ2n) is 3.56. The average Bonchev–Trinajstić information content (AvgIpc) is 2.09. The van der Waals surface area contributed by atoms with Crippen LogP contribution in [0.25, 0.3) is 0 Å². The van der Waals surface area contributed by atoms with Crippen molar-refractivity contribution >= 4 is 0 Å². The van der Waals surface area contributed by atoms with Crippen LogP contribution in [0.2, 0.25) is 0 Å². The molecular weight excluding hydrogens is 205 g/mol. The van der Waals surface area contributed by atoms with E-state index < -0.39 is 11.7 Å². The Morgan fingerprint density at radius 3 is 1.93 bits per heavy atom. The number of benzene rings is 1. The van der Waals surface area contributed by atoms with Crippen LogP contribution in [-0.2, 0) is 12.6 Å². The first kappa shape index (κ1) is 12.0. The second-order valence-corrected chi connectivity index (χ2v) is 3.56. The Kier molecular flexibility index (Phi) is 3.39. The van der Waals surface area contributed by atoms with Crippen LogP contribution >= 0.6 is 0 Å². The summed E-state index contributed by atoms with van der Waals surface area (Å²) >= 11 is 0. The number of hydrogen-bond acceptors (Lipinski definition) is 1. The molecule has 0 aromatic heterocycles. The largest absolute Gasteiger partial charge is 0.416 e. The Balaban J connectivity index is 3.19. The molecule has 0 saturated carbocycles. The van der Waals surface area contributed by atoms with Crippen LogP contribution in [0.5, 0.6) is 0 Å². The fourth-order valence-corrected chi connectivity index (χ4v) is 1.66. The van der Waals surface area contributed by atoms with Crippen molar-refractivity contribution < 1.29 is 18.3 Å². The van der Waals surface area contributed by atoms with E-state index in [4.69, 9.17) is 5.11 Å². The highest BCUT2D eigenvalue weighted by molar-refractivity contribution is 5.39. The maximum absolute atomic E-state index is 12.4. The average molecular weight is 218 g/mol. The van der Waals surface area contributed by atoms with Crippen LogP contribution < -0.4 is 0 Å². The molecule has 0 saturated heterocycles. The monoisotopic (exact) mass is 218 g/mol. The van der Waals surface area contributed by atoms with Gasteiger partial charge < -0.3 is 5.11 Å². The van der Waals surface area contributed by atoms with Crippen molar-refractivity contribution in [2.45, 2.75) is 26.4 Å². The van der Waals surface area contributed by atoms with Crippen molar-refractivity contribution in [3.05, 3.63) is 34.4 Å². The Morgan fingerprint density at radius 1 is 1.13 bits per heavy atom. The third kappa shape index (κ3) is 2.72. The lowest BCUT2D eigenvalue weighted by Gasteiger charge is -2.13. The summed E-state index contributed by atoms with van der Waals surface area (Å²) in [7, 11) is 0. The summed E-state index contributed by atoms with van der Waals surface area (Å²) in [5.41, 5.74) is 1.33. The van der Waals surface area contributed by atoms with Gasteiger partial charge in [-0.15, -0.1) is 0 Å². The lowest BCUT2D eigenvalue weighted by atomic mass is 9.97. The van der Waals surface area contributed by atoms with Crippen LogP contribution in [0, 0.1) is 13.8 Å². The molecule has 0 spiro atoms. The molecule has 4 heteroatoms. The molecule has 0 bridgehead atoms. The smallest absolute Gasteiger partial charge is 0.396 e. The molecule has 0 aliphatic carbocycles. The molecule has 0 fully saturated rings. The van der Waals surface area contributed by atoms with Crippen LogP contribution in [0.4, 0.5) is 13.2 Å². The van der Waals surface area contributed by atoms with Gasteiger partial charge in [-0.25, -0.2) is 0 Å². The molecule has 0 heterocycles. The maximum Gasteiger partial charge on any atom is 0.416 e. The Hall–Kier alpha value is -1.03. The summed E-state index contributed by atoms with van der Waals surface area (Å²) in [5.74, 6) is 0. The van der Waals surface area contributed by atoms with Gasteiger partial charge in [-0.05, 0) is 49.1 Å². The van der Waals surface area contributed by atoms with E-state index in [1.54, 1.807) is 13.8 Å². The van der Waals surface area contributed by atoms with Gasteiger partial charge in [0.2, 0.25) is 0 Å². The van der Waals surface area contributed by atoms with Gasteiger partial charge in [0.15, 0.2) is 0 Å². The van der Waals surface area contributed by atoms with Crippen LogP contribution in [0.1, 0.15) is 22.3 Å². The summed E-state index contributed by atoms with van der Waals surface area (Å²) in [6.45, 7) is 3.22. The molecular formula is C11H13F3O. The molecule has 1 nitrogen and oxygen atoms in total. The van der Waals surface area contributed by atoms with Gasteiger partial charge in [-0.1, -0.05) is 0 Å². The first-order valence-corrected chi connectivity index (χ1v) is 4.64. The van der Waals surface area contributed by atoms with Gasteiger partial charge in [-0.3, -0.25) is 0 Å². The minimum absolute atomic E-state index is 0.0486. The molecule has 84 valence electrons. The topological polar surface area (TPSA) is 20.2 Å². The highest BCUT2D eigenvalue weighted by atomic mass is 19.4. The number of aryl methyl sites for hydroxylation is 2. The fourth-order valence-electron chi connectivity index (χ4n) is 1.66. The predicted molar refractivity (Wildman–Crippen MR) is 51.7 cm³/mol. The summed E-state index contributed by atoms with van der Waals surface area (Å²) in [6.07, 6.45) is -3.90. The van der Waals surface area contributed by atoms with Gasteiger partial charge in [-0.2, -0.15) is 13.2 Å². The van der Waals surface area contributed by atoms with Crippen LogP contribution in [0.15, 0.2) is 12.1 Å². The Labute approximate surface area is 86.5 Å². The zero-order valence-electron chi connectivity index (χ0n) is 8.65. The molecule has 1 aromatic carbocycles. The molecule has 0 atom stereocenters. The third-order valence-electron chi connectivity index (χ3n) is 2.39. The zero-order valence-corrected chi connectivity index (χ0v) is 8.65. The maximum atomic E-state index is 12.4. The van der Waals surface area contributed by atoms with Crippen molar-refractivity contribution in [2.75, 3.05) is 6.61 Å². The highest BCUT2D eigenvalue weighted by Gasteiger charge is 2.31. The second kappa shape index (κ2) is 4.23. The fraction of sp³-hybridized carbons (Fsp3) is 0.455. The molecule has 1 rings (SSSR count). The molecule has 0 amide bonds.